The average molecular weight is 541 g/mol. The van der Waals surface area contributed by atoms with E-state index in [0.29, 0.717) is 22.9 Å². The summed E-state index contributed by atoms with van der Waals surface area (Å²) in [6.07, 6.45) is 9.71. The molecule has 2 aliphatic heterocycles. The van der Waals surface area contributed by atoms with Gasteiger partial charge in [0.1, 0.15) is 11.6 Å². The van der Waals surface area contributed by atoms with Crippen LogP contribution in [0.5, 0.6) is 0 Å². The van der Waals surface area contributed by atoms with Gasteiger partial charge in [-0.15, -0.1) is 0 Å². The Morgan fingerprint density at radius 1 is 0.973 bits per heavy atom. The van der Waals surface area contributed by atoms with Gasteiger partial charge in [0.15, 0.2) is 5.11 Å². The molecule has 0 spiro atoms. The zero-order chi connectivity index (χ0) is 25.8. The van der Waals surface area contributed by atoms with Crippen LogP contribution in [0.15, 0.2) is 30.3 Å². The molecule has 1 aromatic heterocycles. The normalized spacial score (nSPS) is 23.6. The number of thiocarbonyl (C=S) groups is 1. The summed E-state index contributed by atoms with van der Waals surface area (Å²) < 4.78 is 0. The first-order valence-corrected chi connectivity index (χ1v) is 14.9. The van der Waals surface area contributed by atoms with Crippen molar-refractivity contribution in [2.45, 2.75) is 70.6 Å². The lowest BCUT2D eigenvalue weighted by Crippen LogP contribution is -2.41. The maximum Gasteiger partial charge on any atom is 0.232 e. The van der Waals surface area contributed by atoms with Gasteiger partial charge in [-0.3, -0.25) is 0 Å². The number of hydrogen-bond acceptors (Lipinski definition) is 5. The van der Waals surface area contributed by atoms with Gasteiger partial charge in [0.2, 0.25) is 5.95 Å². The fraction of sp³-hybridized carbons (Fsp3) is 0.621. The van der Waals surface area contributed by atoms with E-state index >= 15 is 0 Å². The predicted octanol–water partition coefficient (Wildman–Crippen LogP) is 6.40. The highest BCUT2D eigenvalue weighted by Crippen LogP contribution is 2.41. The molecule has 1 saturated carbocycles. The molecule has 0 amide bonds. The highest BCUT2D eigenvalue weighted by molar-refractivity contribution is 7.80. The summed E-state index contributed by atoms with van der Waals surface area (Å²) in [7, 11) is 0. The third kappa shape index (κ3) is 6.48. The molecule has 6 nitrogen and oxygen atoms in total. The summed E-state index contributed by atoms with van der Waals surface area (Å²) in [6, 6.07) is 10.5. The van der Waals surface area contributed by atoms with Crippen LogP contribution < -0.4 is 20.4 Å². The summed E-state index contributed by atoms with van der Waals surface area (Å²) in [4.78, 5) is 14.7. The van der Waals surface area contributed by atoms with E-state index in [-0.39, 0.29) is 5.41 Å². The number of nitrogens with one attached hydrogen (secondary N) is 2. The highest BCUT2D eigenvalue weighted by atomic mass is 35.5. The Morgan fingerprint density at radius 3 is 2.16 bits per heavy atom. The van der Waals surface area contributed by atoms with E-state index in [1.54, 1.807) is 0 Å². The molecule has 3 aliphatic rings. The maximum atomic E-state index is 6.35. The predicted molar refractivity (Wildman–Crippen MR) is 159 cm³/mol. The van der Waals surface area contributed by atoms with Gasteiger partial charge in [-0.05, 0) is 80.3 Å². The lowest BCUT2D eigenvalue weighted by atomic mass is 9.79. The van der Waals surface area contributed by atoms with Crippen LogP contribution in [0.2, 0.25) is 5.02 Å². The van der Waals surface area contributed by atoms with Crippen LogP contribution in [0.3, 0.4) is 0 Å². The minimum absolute atomic E-state index is 0.0540. The number of nitrogens with zero attached hydrogens (tertiary/aromatic N) is 4. The summed E-state index contributed by atoms with van der Waals surface area (Å²) in [5.41, 5.74) is 1.35. The second kappa shape index (κ2) is 11.7. The van der Waals surface area contributed by atoms with E-state index in [9.17, 15) is 0 Å². The maximum absolute atomic E-state index is 6.35. The van der Waals surface area contributed by atoms with E-state index < -0.39 is 0 Å². The zero-order valence-electron chi connectivity index (χ0n) is 22.3. The van der Waals surface area contributed by atoms with Crippen LogP contribution in [0, 0.1) is 11.8 Å². The number of halogens is 1. The number of piperidine rings is 2. The molecule has 200 valence electrons. The zero-order valence-corrected chi connectivity index (χ0v) is 23.9. The second-order valence-corrected chi connectivity index (χ2v) is 12.4. The summed E-state index contributed by atoms with van der Waals surface area (Å²) >= 11 is 12.1. The SMILES string of the molecule is CC1CCCN(c2cc(N3CCCC(C)C3)nc(NC(=S)NCC3(c4cccc(Cl)c4)CCCC3)n2)C1. The molecule has 37 heavy (non-hydrogen) atoms. The van der Waals surface area contributed by atoms with Gasteiger partial charge in [0.25, 0.3) is 0 Å². The molecule has 5 rings (SSSR count). The molecule has 2 saturated heterocycles. The fourth-order valence-corrected chi connectivity index (χ4v) is 6.78. The number of benzene rings is 1. The number of anilines is 3. The number of hydrogen-bond donors (Lipinski definition) is 2. The molecule has 3 fully saturated rings. The van der Waals surface area contributed by atoms with Gasteiger partial charge < -0.3 is 20.4 Å². The van der Waals surface area contributed by atoms with Crippen LogP contribution in [-0.4, -0.2) is 47.8 Å². The van der Waals surface area contributed by atoms with Crippen molar-refractivity contribution in [1.29, 1.82) is 0 Å². The molecule has 2 aromatic rings. The molecular weight excluding hydrogens is 500 g/mol. The third-order valence-corrected chi connectivity index (χ3v) is 8.95. The summed E-state index contributed by atoms with van der Waals surface area (Å²) in [5.74, 6) is 3.95. The molecular formula is C29H41ClN6S. The number of rotatable bonds is 6. The second-order valence-electron chi connectivity index (χ2n) is 11.6. The third-order valence-electron chi connectivity index (χ3n) is 8.47. The van der Waals surface area contributed by atoms with Crippen molar-refractivity contribution in [3.05, 3.63) is 40.9 Å². The topological polar surface area (TPSA) is 56.3 Å². The van der Waals surface area contributed by atoms with Crippen molar-refractivity contribution >= 4 is 46.5 Å². The summed E-state index contributed by atoms with van der Waals surface area (Å²) in [6.45, 7) is 9.60. The van der Waals surface area contributed by atoms with Gasteiger partial charge >= 0.3 is 0 Å². The Kier molecular flexibility index (Phi) is 8.40. The monoisotopic (exact) mass is 540 g/mol. The molecule has 2 N–H and O–H groups in total. The molecule has 0 bridgehead atoms. The van der Waals surface area contributed by atoms with Crippen LogP contribution in [0.1, 0.15) is 70.8 Å². The van der Waals surface area contributed by atoms with E-state index in [0.717, 1.165) is 62.2 Å². The highest BCUT2D eigenvalue weighted by Gasteiger charge is 2.36. The van der Waals surface area contributed by atoms with Crippen LogP contribution in [-0.2, 0) is 5.41 Å². The van der Waals surface area contributed by atoms with Crippen LogP contribution in [0.25, 0.3) is 0 Å². The first kappa shape index (κ1) is 26.5. The van der Waals surface area contributed by atoms with Gasteiger partial charge in [-0.2, -0.15) is 9.97 Å². The van der Waals surface area contributed by atoms with Crippen molar-refractivity contribution < 1.29 is 0 Å². The van der Waals surface area contributed by atoms with Crippen molar-refractivity contribution in [1.82, 2.24) is 15.3 Å². The Hall–Kier alpha value is -2.12. The Morgan fingerprint density at radius 2 is 1.59 bits per heavy atom. The Labute approximate surface area is 232 Å². The largest absolute Gasteiger partial charge is 0.361 e. The smallest absolute Gasteiger partial charge is 0.232 e. The first-order valence-electron chi connectivity index (χ1n) is 14.1. The van der Waals surface area contributed by atoms with Gasteiger partial charge in [0.05, 0.1) is 0 Å². The Bertz CT molecular complexity index is 1050. The van der Waals surface area contributed by atoms with E-state index in [1.165, 1.54) is 44.1 Å². The van der Waals surface area contributed by atoms with Gasteiger partial charge in [-0.1, -0.05) is 50.4 Å². The minimum Gasteiger partial charge on any atom is -0.361 e. The van der Waals surface area contributed by atoms with E-state index in [4.69, 9.17) is 33.8 Å². The molecule has 1 aromatic carbocycles. The number of aromatic nitrogens is 2. The lowest BCUT2D eigenvalue weighted by Gasteiger charge is -2.35. The average Bonchev–Trinajstić information content (AvgIpc) is 3.38. The molecule has 8 heteroatoms. The van der Waals surface area contributed by atoms with Crippen LogP contribution >= 0.6 is 23.8 Å². The quantitative estimate of drug-likeness (QED) is 0.411. The van der Waals surface area contributed by atoms with Crippen molar-refractivity contribution in [2.24, 2.45) is 11.8 Å². The molecule has 2 unspecified atom stereocenters. The molecule has 1 aliphatic carbocycles. The molecule has 0 radical (unpaired) electrons. The summed E-state index contributed by atoms with van der Waals surface area (Å²) in [5, 5.41) is 8.23. The van der Waals surface area contributed by atoms with Crippen LogP contribution in [0.4, 0.5) is 17.6 Å². The first-order chi connectivity index (χ1) is 17.9. The minimum atomic E-state index is 0.0540. The van der Waals surface area contributed by atoms with Crippen molar-refractivity contribution in [2.75, 3.05) is 47.8 Å². The van der Waals surface area contributed by atoms with Gasteiger partial charge in [-0.25, -0.2) is 0 Å². The standard InChI is InChI=1S/C29H41ClN6S/c1-21-8-6-14-35(18-21)25-17-26(36-15-7-9-22(2)19-36)33-27(32-25)34-28(37)31-20-29(12-3-4-13-29)23-10-5-11-24(30)16-23/h5,10-11,16-17,21-22H,3-4,6-9,12-15,18-20H2,1-2H3,(H2,31,32,33,34,37). The fourth-order valence-electron chi connectivity index (χ4n) is 6.43. The lowest BCUT2D eigenvalue weighted by molar-refractivity contribution is 0.435. The molecule has 2 atom stereocenters. The van der Waals surface area contributed by atoms with E-state index in [1.807, 2.05) is 6.07 Å². The Balaban J connectivity index is 1.33. The molecule has 3 heterocycles. The van der Waals surface area contributed by atoms with Gasteiger partial charge in [0, 0.05) is 49.2 Å². The van der Waals surface area contributed by atoms with Crippen molar-refractivity contribution in [3.8, 4) is 0 Å². The van der Waals surface area contributed by atoms with E-state index in [2.05, 4.69) is 58.5 Å². The van der Waals surface area contributed by atoms with Crippen molar-refractivity contribution in [3.63, 3.8) is 0 Å².